The molecule has 2 aliphatic rings. The third kappa shape index (κ3) is 6.95. The highest BCUT2D eigenvalue weighted by Gasteiger charge is 2.27. The summed E-state index contributed by atoms with van der Waals surface area (Å²) in [4.78, 5) is 47.1. The summed E-state index contributed by atoms with van der Waals surface area (Å²) >= 11 is 0. The van der Waals surface area contributed by atoms with Gasteiger partial charge in [0.1, 0.15) is 5.82 Å². The zero-order chi connectivity index (χ0) is 24.7. The average molecular weight is 477 g/mol. The first-order valence-electron chi connectivity index (χ1n) is 13.2. The van der Waals surface area contributed by atoms with Gasteiger partial charge in [-0.15, -0.1) is 0 Å². The summed E-state index contributed by atoms with van der Waals surface area (Å²) < 4.78 is 1.37. The van der Waals surface area contributed by atoms with Crippen molar-refractivity contribution in [3.63, 3.8) is 0 Å². The van der Waals surface area contributed by atoms with Crippen LogP contribution in [0.15, 0.2) is 9.59 Å². The van der Waals surface area contributed by atoms with E-state index in [0.717, 1.165) is 44.9 Å². The molecule has 3 rings (SSSR count). The summed E-state index contributed by atoms with van der Waals surface area (Å²) in [5.41, 5.74) is 5.29. The van der Waals surface area contributed by atoms with Crippen molar-refractivity contribution < 1.29 is 4.79 Å². The topological polar surface area (TPSA) is 108 Å². The van der Waals surface area contributed by atoms with Gasteiger partial charge >= 0.3 is 5.69 Å². The Morgan fingerprint density at radius 1 is 1.09 bits per heavy atom. The van der Waals surface area contributed by atoms with Crippen LogP contribution in [-0.2, 0) is 11.3 Å². The van der Waals surface area contributed by atoms with E-state index in [9.17, 15) is 14.4 Å². The lowest BCUT2D eigenvalue weighted by Gasteiger charge is -2.37. The quantitative estimate of drug-likeness (QED) is 0.536. The van der Waals surface area contributed by atoms with Crippen LogP contribution in [0.1, 0.15) is 65.7 Å². The zero-order valence-electron chi connectivity index (χ0n) is 21.4. The van der Waals surface area contributed by atoms with Crippen LogP contribution in [0.2, 0.25) is 0 Å². The Morgan fingerprint density at radius 2 is 1.74 bits per heavy atom. The fraction of sp³-hybridized carbons (Fsp3) is 0.800. The van der Waals surface area contributed by atoms with Crippen molar-refractivity contribution in [3.05, 3.63) is 20.8 Å². The molecule has 0 spiro atoms. The first kappa shape index (κ1) is 26.5. The number of aromatic nitrogens is 2. The SMILES string of the molecule is CCCCN(C(=O)CN1CCN(CC2CCCCC2)CC1)c1c(N)n(CC(C)C)c(=O)[nH]c1=O. The van der Waals surface area contributed by atoms with Gasteiger partial charge in [0.2, 0.25) is 5.91 Å². The molecule has 2 heterocycles. The maximum atomic E-state index is 13.4. The molecule has 9 heteroatoms. The van der Waals surface area contributed by atoms with Gasteiger partial charge in [-0.25, -0.2) is 4.79 Å². The molecule has 9 nitrogen and oxygen atoms in total. The lowest BCUT2D eigenvalue weighted by molar-refractivity contribution is -0.120. The van der Waals surface area contributed by atoms with Gasteiger partial charge in [-0.1, -0.05) is 46.5 Å². The summed E-state index contributed by atoms with van der Waals surface area (Å²) in [5.74, 6) is 0.927. The molecular formula is C25H44N6O3. The van der Waals surface area contributed by atoms with Crippen LogP contribution in [0.25, 0.3) is 0 Å². The van der Waals surface area contributed by atoms with E-state index in [1.807, 2.05) is 20.8 Å². The average Bonchev–Trinajstić information content (AvgIpc) is 2.80. The summed E-state index contributed by atoms with van der Waals surface area (Å²) in [6.45, 7) is 11.9. The molecule has 1 aromatic heterocycles. The summed E-state index contributed by atoms with van der Waals surface area (Å²) in [7, 11) is 0. The fourth-order valence-electron chi connectivity index (χ4n) is 5.20. The molecule has 0 aromatic carbocycles. The second-order valence-corrected chi connectivity index (χ2v) is 10.5. The fourth-order valence-corrected chi connectivity index (χ4v) is 5.20. The van der Waals surface area contributed by atoms with Crippen LogP contribution < -0.4 is 21.9 Å². The predicted octanol–water partition coefficient (Wildman–Crippen LogP) is 2.11. The molecule has 1 saturated heterocycles. The number of carbonyl (C=O) groups is 1. The zero-order valence-corrected chi connectivity index (χ0v) is 21.4. The van der Waals surface area contributed by atoms with Gasteiger partial charge in [0.05, 0.1) is 6.54 Å². The highest BCUT2D eigenvalue weighted by atomic mass is 16.2. The van der Waals surface area contributed by atoms with E-state index in [2.05, 4.69) is 14.8 Å². The molecule has 1 aliphatic heterocycles. The second-order valence-electron chi connectivity index (χ2n) is 10.5. The van der Waals surface area contributed by atoms with E-state index in [4.69, 9.17) is 5.73 Å². The number of H-pyrrole nitrogens is 1. The van der Waals surface area contributed by atoms with E-state index in [-0.39, 0.29) is 29.9 Å². The highest BCUT2D eigenvalue weighted by Crippen LogP contribution is 2.25. The van der Waals surface area contributed by atoms with Crippen molar-refractivity contribution >= 4 is 17.4 Å². The molecule has 0 atom stereocenters. The maximum absolute atomic E-state index is 13.4. The Kier molecular flexibility index (Phi) is 9.76. The number of nitrogens with zero attached hydrogens (tertiary/aromatic N) is 4. The Bertz CT molecular complexity index is 910. The van der Waals surface area contributed by atoms with Crippen molar-refractivity contribution in [1.29, 1.82) is 0 Å². The Balaban J connectivity index is 1.68. The molecule has 1 aromatic rings. The van der Waals surface area contributed by atoms with Crippen LogP contribution in [0, 0.1) is 11.8 Å². The smallest absolute Gasteiger partial charge is 0.330 e. The summed E-state index contributed by atoms with van der Waals surface area (Å²) in [6, 6.07) is 0. The van der Waals surface area contributed by atoms with Crippen molar-refractivity contribution in [2.45, 2.75) is 72.3 Å². The molecule has 34 heavy (non-hydrogen) atoms. The number of amides is 1. The largest absolute Gasteiger partial charge is 0.383 e. The van der Waals surface area contributed by atoms with Crippen LogP contribution in [0.4, 0.5) is 11.5 Å². The van der Waals surface area contributed by atoms with Gasteiger partial charge in [0.25, 0.3) is 5.56 Å². The third-order valence-corrected chi connectivity index (χ3v) is 7.13. The number of nitrogen functional groups attached to an aromatic ring is 1. The third-order valence-electron chi connectivity index (χ3n) is 7.13. The molecule has 3 N–H and O–H groups in total. The van der Waals surface area contributed by atoms with Crippen LogP contribution in [0.3, 0.4) is 0 Å². The van der Waals surface area contributed by atoms with E-state index >= 15 is 0 Å². The van der Waals surface area contributed by atoms with Gasteiger partial charge in [-0.2, -0.15) is 0 Å². The van der Waals surface area contributed by atoms with Crippen molar-refractivity contribution in [2.75, 3.05) is 56.4 Å². The van der Waals surface area contributed by atoms with E-state index < -0.39 is 11.2 Å². The summed E-state index contributed by atoms with van der Waals surface area (Å²) in [5, 5.41) is 0. The van der Waals surface area contributed by atoms with Crippen molar-refractivity contribution in [3.8, 4) is 0 Å². The lowest BCUT2D eigenvalue weighted by atomic mass is 9.89. The number of hydrogen-bond acceptors (Lipinski definition) is 6. The van der Waals surface area contributed by atoms with Gasteiger partial charge in [0.15, 0.2) is 5.69 Å². The van der Waals surface area contributed by atoms with Crippen LogP contribution in [-0.4, -0.2) is 71.1 Å². The Hall–Kier alpha value is -2.13. The lowest BCUT2D eigenvalue weighted by Crippen LogP contribution is -2.52. The van der Waals surface area contributed by atoms with Crippen LogP contribution in [0.5, 0.6) is 0 Å². The van der Waals surface area contributed by atoms with Gasteiger partial charge in [-0.05, 0) is 31.1 Å². The van der Waals surface area contributed by atoms with Gasteiger partial charge < -0.3 is 15.5 Å². The second kappa shape index (κ2) is 12.5. The highest BCUT2D eigenvalue weighted by molar-refractivity contribution is 5.96. The number of rotatable bonds is 10. The van der Waals surface area contributed by atoms with E-state index in [1.165, 1.54) is 48.1 Å². The minimum Gasteiger partial charge on any atom is -0.383 e. The van der Waals surface area contributed by atoms with E-state index in [1.54, 1.807) is 0 Å². The molecule has 192 valence electrons. The van der Waals surface area contributed by atoms with Crippen LogP contribution >= 0.6 is 0 Å². The normalized spacial score (nSPS) is 18.5. The number of carbonyl (C=O) groups excluding carboxylic acids is 1. The molecular weight excluding hydrogens is 432 g/mol. The number of unbranched alkanes of at least 4 members (excludes halogenated alkanes) is 1. The van der Waals surface area contributed by atoms with Gasteiger partial charge in [0, 0.05) is 45.8 Å². The maximum Gasteiger partial charge on any atom is 0.330 e. The number of nitrogens with one attached hydrogen (secondary N) is 1. The Labute approximate surface area is 203 Å². The standard InChI is InChI=1S/C25H44N6O3/c1-4-5-11-30(22-23(26)31(16-19(2)3)25(34)27-24(22)33)21(32)18-29-14-12-28(13-15-29)17-20-9-7-6-8-10-20/h19-20H,4-18,26H2,1-3H3,(H,27,33,34). The molecule has 0 bridgehead atoms. The first-order chi connectivity index (χ1) is 16.3. The summed E-state index contributed by atoms with van der Waals surface area (Å²) in [6.07, 6.45) is 8.43. The van der Waals surface area contributed by atoms with E-state index in [0.29, 0.717) is 13.1 Å². The molecule has 1 aliphatic carbocycles. The van der Waals surface area contributed by atoms with Crippen molar-refractivity contribution in [1.82, 2.24) is 19.4 Å². The van der Waals surface area contributed by atoms with Crippen molar-refractivity contribution in [2.24, 2.45) is 11.8 Å². The number of piperazine rings is 1. The first-order valence-corrected chi connectivity index (χ1v) is 13.2. The number of nitrogens with two attached hydrogens (primary N) is 1. The molecule has 0 unspecified atom stereocenters. The molecule has 1 amide bonds. The number of hydrogen-bond donors (Lipinski definition) is 2. The Morgan fingerprint density at radius 3 is 2.35 bits per heavy atom. The molecule has 0 radical (unpaired) electrons. The minimum absolute atomic E-state index is 0.0733. The molecule has 2 fully saturated rings. The predicted molar refractivity (Wildman–Crippen MR) is 137 cm³/mol. The monoisotopic (exact) mass is 476 g/mol. The number of aromatic amines is 1. The number of anilines is 2. The van der Waals surface area contributed by atoms with Gasteiger partial charge in [-0.3, -0.25) is 24.0 Å². The minimum atomic E-state index is -0.593. The molecule has 1 saturated carbocycles.